The maximum Gasteiger partial charge on any atom is 0.266 e. The highest BCUT2D eigenvalue weighted by Crippen LogP contribution is 2.24. The number of rotatable bonds is 4. The zero-order valence-electron chi connectivity index (χ0n) is 13.8. The Labute approximate surface area is 148 Å². The summed E-state index contributed by atoms with van der Waals surface area (Å²) in [6.07, 6.45) is 0. The molecule has 0 aliphatic heterocycles. The Morgan fingerprint density at radius 3 is 2.73 bits per heavy atom. The molecular weight excluding hydrogens is 338 g/mol. The van der Waals surface area contributed by atoms with E-state index in [0.29, 0.717) is 22.4 Å². The van der Waals surface area contributed by atoms with Crippen molar-refractivity contribution in [3.8, 4) is 22.9 Å². The quantitative estimate of drug-likeness (QED) is 0.769. The van der Waals surface area contributed by atoms with Crippen molar-refractivity contribution >= 4 is 0 Å². The monoisotopic (exact) mass is 352 g/mol. The number of nitrogens with zero attached hydrogens (tertiary/aromatic N) is 1. The van der Waals surface area contributed by atoms with Crippen molar-refractivity contribution in [1.82, 2.24) is 4.98 Å². The number of nitrogens with one attached hydrogen (secondary N) is 1. The van der Waals surface area contributed by atoms with Gasteiger partial charge in [0, 0.05) is 17.3 Å². The first-order valence-corrected chi connectivity index (χ1v) is 7.79. The highest BCUT2D eigenvalue weighted by atomic mass is 19.1. The summed E-state index contributed by atoms with van der Waals surface area (Å²) in [7, 11) is 0. The van der Waals surface area contributed by atoms with Crippen molar-refractivity contribution in [2.45, 2.75) is 13.5 Å². The molecule has 0 bridgehead atoms. The second kappa shape index (κ2) is 7.19. The molecule has 0 aliphatic carbocycles. The van der Waals surface area contributed by atoms with Crippen LogP contribution in [0.2, 0.25) is 0 Å². The van der Waals surface area contributed by atoms with Gasteiger partial charge < -0.3 is 9.72 Å². The standard InChI is InChI=1S/C20H14F2N2O2/c1-12-7-16(17(10-23)20(25)24-12)14-4-2-3-13(8-14)11-26-19-9-15(21)5-6-18(19)22/h2-9H,11H2,1H3,(H,24,25). The van der Waals surface area contributed by atoms with E-state index >= 15 is 0 Å². The fourth-order valence-corrected chi connectivity index (χ4v) is 2.60. The molecule has 1 N–H and O–H groups in total. The van der Waals surface area contributed by atoms with Crippen LogP contribution in [0, 0.1) is 29.9 Å². The average molecular weight is 352 g/mol. The van der Waals surface area contributed by atoms with E-state index in [1.807, 2.05) is 6.07 Å². The number of nitriles is 1. The van der Waals surface area contributed by atoms with Gasteiger partial charge in [-0.1, -0.05) is 18.2 Å². The lowest BCUT2D eigenvalue weighted by Gasteiger charge is -2.10. The third-order valence-corrected chi connectivity index (χ3v) is 3.81. The van der Waals surface area contributed by atoms with E-state index in [1.54, 1.807) is 37.3 Å². The number of hydrogen-bond acceptors (Lipinski definition) is 3. The molecule has 0 saturated carbocycles. The molecule has 26 heavy (non-hydrogen) atoms. The number of benzene rings is 2. The normalized spacial score (nSPS) is 10.4. The van der Waals surface area contributed by atoms with Crippen LogP contribution in [0.5, 0.6) is 5.75 Å². The Bertz CT molecular complexity index is 1070. The van der Waals surface area contributed by atoms with E-state index in [-0.39, 0.29) is 17.9 Å². The van der Waals surface area contributed by atoms with E-state index < -0.39 is 17.2 Å². The highest BCUT2D eigenvalue weighted by molar-refractivity contribution is 5.70. The van der Waals surface area contributed by atoms with Crippen LogP contribution in [0.15, 0.2) is 53.3 Å². The molecule has 0 saturated heterocycles. The summed E-state index contributed by atoms with van der Waals surface area (Å²) in [4.78, 5) is 14.5. The SMILES string of the molecule is Cc1cc(-c2cccc(COc3cc(F)ccc3F)c2)c(C#N)c(=O)[nH]1. The van der Waals surface area contributed by atoms with E-state index in [2.05, 4.69) is 4.98 Å². The van der Waals surface area contributed by atoms with Crippen LogP contribution >= 0.6 is 0 Å². The van der Waals surface area contributed by atoms with Gasteiger partial charge in [0.25, 0.3) is 5.56 Å². The van der Waals surface area contributed by atoms with Crippen molar-refractivity contribution in [3.05, 3.63) is 87.3 Å². The number of H-pyrrole nitrogens is 1. The summed E-state index contributed by atoms with van der Waals surface area (Å²) in [5.74, 6) is -1.42. The summed E-state index contributed by atoms with van der Waals surface area (Å²) in [6, 6.07) is 13.6. The third-order valence-electron chi connectivity index (χ3n) is 3.81. The molecule has 0 atom stereocenters. The molecule has 1 aromatic heterocycles. The predicted octanol–water partition coefficient (Wildman–Crippen LogP) is 4.08. The first-order chi connectivity index (χ1) is 12.5. The molecule has 130 valence electrons. The molecule has 3 rings (SSSR count). The zero-order chi connectivity index (χ0) is 18.7. The minimum absolute atomic E-state index is 0.0122. The van der Waals surface area contributed by atoms with E-state index in [9.17, 15) is 18.8 Å². The molecule has 2 aromatic carbocycles. The van der Waals surface area contributed by atoms with E-state index in [0.717, 1.165) is 18.2 Å². The number of hydrogen-bond donors (Lipinski definition) is 1. The van der Waals surface area contributed by atoms with Crippen LogP contribution in [0.25, 0.3) is 11.1 Å². The highest BCUT2D eigenvalue weighted by Gasteiger charge is 2.11. The van der Waals surface area contributed by atoms with Gasteiger partial charge in [0.1, 0.15) is 24.1 Å². The van der Waals surface area contributed by atoms with Gasteiger partial charge in [-0.25, -0.2) is 8.78 Å². The number of aromatic amines is 1. The van der Waals surface area contributed by atoms with Crippen molar-refractivity contribution in [1.29, 1.82) is 5.26 Å². The molecule has 0 unspecified atom stereocenters. The van der Waals surface area contributed by atoms with Gasteiger partial charge >= 0.3 is 0 Å². The van der Waals surface area contributed by atoms with Gasteiger partial charge in [-0.05, 0) is 42.3 Å². The van der Waals surface area contributed by atoms with Gasteiger partial charge in [0.05, 0.1) is 0 Å². The Balaban J connectivity index is 1.91. The number of aromatic nitrogens is 1. The smallest absolute Gasteiger partial charge is 0.266 e. The minimum Gasteiger partial charge on any atom is -0.486 e. The molecule has 3 aromatic rings. The maximum atomic E-state index is 13.6. The second-order valence-corrected chi connectivity index (χ2v) is 5.75. The Hall–Kier alpha value is -3.46. The minimum atomic E-state index is -0.653. The van der Waals surface area contributed by atoms with Crippen molar-refractivity contribution < 1.29 is 13.5 Å². The van der Waals surface area contributed by atoms with Crippen molar-refractivity contribution in [2.24, 2.45) is 0 Å². The lowest BCUT2D eigenvalue weighted by molar-refractivity contribution is 0.288. The number of aryl methyl sites for hydroxylation is 1. The van der Waals surface area contributed by atoms with Crippen molar-refractivity contribution in [2.75, 3.05) is 0 Å². The van der Waals surface area contributed by atoms with Crippen LogP contribution in [-0.2, 0) is 6.61 Å². The van der Waals surface area contributed by atoms with Crippen molar-refractivity contribution in [3.63, 3.8) is 0 Å². The fraction of sp³-hybridized carbons (Fsp3) is 0.100. The third kappa shape index (κ3) is 3.62. The van der Waals surface area contributed by atoms with Gasteiger partial charge in [0.15, 0.2) is 11.6 Å². The molecule has 4 nitrogen and oxygen atoms in total. The lowest BCUT2D eigenvalue weighted by Crippen LogP contribution is -2.12. The Morgan fingerprint density at radius 2 is 1.96 bits per heavy atom. The van der Waals surface area contributed by atoms with Crippen LogP contribution in [-0.4, -0.2) is 4.98 Å². The van der Waals surface area contributed by atoms with Crippen LogP contribution in [0.1, 0.15) is 16.8 Å². The van der Waals surface area contributed by atoms with Crippen LogP contribution in [0.4, 0.5) is 8.78 Å². The molecule has 6 heteroatoms. The average Bonchev–Trinajstić information content (AvgIpc) is 2.62. The number of halogens is 2. The maximum absolute atomic E-state index is 13.6. The molecule has 0 fully saturated rings. The second-order valence-electron chi connectivity index (χ2n) is 5.75. The molecule has 0 spiro atoms. The first kappa shape index (κ1) is 17.4. The van der Waals surface area contributed by atoms with Crippen LogP contribution in [0.3, 0.4) is 0 Å². The lowest BCUT2D eigenvalue weighted by atomic mass is 9.99. The molecule has 1 heterocycles. The van der Waals surface area contributed by atoms with Gasteiger partial charge in [-0.15, -0.1) is 0 Å². The largest absolute Gasteiger partial charge is 0.486 e. The molecule has 0 aliphatic rings. The van der Waals surface area contributed by atoms with Gasteiger partial charge in [-0.2, -0.15) is 5.26 Å². The van der Waals surface area contributed by atoms with E-state index in [4.69, 9.17) is 4.74 Å². The summed E-state index contributed by atoms with van der Waals surface area (Å²) in [5.41, 5.74) is 2.06. The molecular formula is C20H14F2N2O2. The number of pyridine rings is 1. The fourth-order valence-electron chi connectivity index (χ4n) is 2.60. The zero-order valence-corrected chi connectivity index (χ0v) is 13.8. The topological polar surface area (TPSA) is 65.9 Å². The first-order valence-electron chi connectivity index (χ1n) is 7.79. The number of ether oxygens (including phenoxy) is 1. The molecule has 0 radical (unpaired) electrons. The van der Waals surface area contributed by atoms with Crippen LogP contribution < -0.4 is 10.3 Å². The Morgan fingerprint density at radius 1 is 1.15 bits per heavy atom. The van der Waals surface area contributed by atoms with Gasteiger partial charge in [0.2, 0.25) is 0 Å². The van der Waals surface area contributed by atoms with Gasteiger partial charge in [-0.3, -0.25) is 4.79 Å². The summed E-state index contributed by atoms with van der Waals surface area (Å²) >= 11 is 0. The summed E-state index contributed by atoms with van der Waals surface area (Å²) in [6.45, 7) is 1.74. The summed E-state index contributed by atoms with van der Waals surface area (Å²) < 4.78 is 32.2. The Kier molecular flexibility index (Phi) is 4.81. The predicted molar refractivity (Wildman–Crippen MR) is 92.6 cm³/mol. The summed E-state index contributed by atoms with van der Waals surface area (Å²) in [5, 5.41) is 9.26. The van der Waals surface area contributed by atoms with E-state index in [1.165, 1.54) is 0 Å². The molecule has 0 amide bonds.